The van der Waals surface area contributed by atoms with E-state index in [1.54, 1.807) is 7.11 Å². The zero-order valence-electron chi connectivity index (χ0n) is 12.8. The predicted octanol–water partition coefficient (Wildman–Crippen LogP) is 1.46. The summed E-state index contributed by atoms with van der Waals surface area (Å²) in [5.74, 6) is 1.64. The zero-order chi connectivity index (χ0) is 14.0. The van der Waals surface area contributed by atoms with E-state index >= 15 is 0 Å². The monoisotopic (exact) mass is 268 g/mol. The fourth-order valence-electron chi connectivity index (χ4n) is 3.44. The van der Waals surface area contributed by atoms with Crippen molar-refractivity contribution in [2.75, 3.05) is 46.4 Å². The number of rotatable bonds is 4. The summed E-state index contributed by atoms with van der Waals surface area (Å²) in [6.07, 6.45) is 0.529. The Hall–Kier alpha value is -0.610. The number of amides is 1. The molecule has 0 bridgehead atoms. The minimum absolute atomic E-state index is 0.263. The Balaban J connectivity index is 1.79. The van der Waals surface area contributed by atoms with Crippen LogP contribution in [-0.4, -0.2) is 62.1 Å². The van der Waals surface area contributed by atoms with Crippen molar-refractivity contribution in [3.63, 3.8) is 0 Å². The van der Waals surface area contributed by atoms with Crippen LogP contribution in [0.25, 0.3) is 0 Å². The van der Waals surface area contributed by atoms with Crippen molar-refractivity contribution in [1.29, 1.82) is 0 Å². The average molecular weight is 268 g/mol. The third-order valence-electron chi connectivity index (χ3n) is 4.13. The molecule has 0 aromatic carbocycles. The molecule has 2 aliphatic rings. The van der Waals surface area contributed by atoms with Gasteiger partial charge in [0.15, 0.2) is 0 Å². The number of hydrogen-bond donors (Lipinski definition) is 0. The molecule has 0 spiro atoms. The quantitative estimate of drug-likeness (QED) is 0.774. The third kappa shape index (κ3) is 3.93. The Labute approximate surface area is 117 Å². The molecule has 2 fully saturated rings. The maximum absolute atomic E-state index is 12.0. The van der Waals surface area contributed by atoms with E-state index < -0.39 is 0 Å². The number of hydrogen-bond acceptors (Lipinski definition) is 3. The molecule has 1 amide bonds. The minimum atomic E-state index is 0.263. The lowest BCUT2D eigenvalue weighted by Crippen LogP contribution is -2.36. The molecule has 2 saturated heterocycles. The number of ether oxygens (including phenoxy) is 1. The first-order valence-corrected chi connectivity index (χ1v) is 7.38. The average Bonchev–Trinajstić information content (AvgIpc) is 2.80. The number of fused-ring (bicyclic) bond motifs is 1. The molecule has 19 heavy (non-hydrogen) atoms. The lowest BCUT2D eigenvalue weighted by atomic mass is 9.96. The standard InChI is InChI=1S/C15H28N2O2/c1-15(2,3)11-16-7-12-9-17(10-13(12)8-16)14(18)5-6-19-4/h12-13H,5-11H2,1-4H3. The van der Waals surface area contributed by atoms with Gasteiger partial charge in [0.25, 0.3) is 0 Å². The Kier molecular flexibility index (Phi) is 4.51. The highest BCUT2D eigenvalue weighted by atomic mass is 16.5. The van der Waals surface area contributed by atoms with Crippen LogP contribution >= 0.6 is 0 Å². The summed E-state index contributed by atoms with van der Waals surface area (Å²) < 4.78 is 4.98. The summed E-state index contributed by atoms with van der Waals surface area (Å²) in [5, 5.41) is 0. The first kappa shape index (κ1) is 14.8. The first-order valence-electron chi connectivity index (χ1n) is 7.38. The molecule has 4 heteroatoms. The molecule has 2 heterocycles. The second-order valence-corrected chi connectivity index (χ2v) is 7.32. The molecule has 2 rings (SSSR count). The van der Waals surface area contributed by atoms with Crippen molar-refractivity contribution in [2.24, 2.45) is 17.3 Å². The third-order valence-corrected chi connectivity index (χ3v) is 4.13. The number of carbonyl (C=O) groups is 1. The van der Waals surface area contributed by atoms with Gasteiger partial charge in [-0.3, -0.25) is 4.79 Å². The van der Waals surface area contributed by atoms with Crippen LogP contribution in [0.5, 0.6) is 0 Å². The zero-order valence-corrected chi connectivity index (χ0v) is 12.8. The van der Waals surface area contributed by atoms with Gasteiger partial charge in [0, 0.05) is 39.8 Å². The van der Waals surface area contributed by atoms with Gasteiger partial charge in [0.1, 0.15) is 0 Å². The summed E-state index contributed by atoms with van der Waals surface area (Å²) in [6.45, 7) is 12.8. The van der Waals surface area contributed by atoms with Crippen molar-refractivity contribution >= 4 is 5.91 Å². The van der Waals surface area contributed by atoms with Crippen LogP contribution < -0.4 is 0 Å². The fourth-order valence-corrected chi connectivity index (χ4v) is 3.44. The van der Waals surface area contributed by atoms with E-state index in [9.17, 15) is 4.79 Å². The molecule has 2 atom stereocenters. The van der Waals surface area contributed by atoms with Gasteiger partial charge in [-0.05, 0) is 17.3 Å². The maximum Gasteiger partial charge on any atom is 0.224 e. The summed E-state index contributed by atoms with van der Waals surface area (Å²) in [7, 11) is 1.65. The molecule has 110 valence electrons. The van der Waals surface area contributed by atoms with Crippen molar-refractivity contribution in [2.45, 2.75) is 27.2 Å². The molecule has 4 nitrogen and oxygen atoms in total. The first-order chi connectivity index (χ1) is 8.89. The van der Waals surface area contributed by atoms with E-state index in [1.165, 1.54) is 0 Å². The van der Waals surface area contributed by atoms with Gasteiger partial charge in [-0.15, -0.1) is 0 Å². The molecule has 0 radical (unpaired) electrons. The van der Waals surface area contributed by atoms with Crippen LogP contribution in [0.2, 0.25) is 0 Å². The molecule has 0 aliphatic carbocycles. The number of nitrogens with zero attached hydrogens (tertiary/aromatic N) is 2. The van der Waals surface area contributed by atoms with E-state index in [2.05, 4.69) is 25.7 Å². The summed E-state index contributed by atoms with van der Waals surface area (Å²) in [5.41, 5.74) is 0.368. The molecule has 2 unspecified atom stereocenters. The van der Waals surface area contributed by atoms with Gasteiger partial charge in [0.2, 0.25) is 5.91 Å². The molecule has 0 N–H and O–H groups in total. The number of methoxy groups -OCH3 is 1. The van der Waals surface area contributed by atoms with Gasteiger partial charge in [-0.25, -0.2) is 0 Å². The highest BCUT2D eigenvalue weighted by Crippen LogP contribution is 2.32. The number of likely N-dealkylation sites (tertiary alicyclic amines) is 2. The van der Waals surface area contributed by atoms with E-state index in [0.717, 1.165) is 32.7 Å². The van der Waals surface area contributed by atoms with Gasteiger partial charge < -0.3 is 14.5 Å². The molecule has 0 aromatic heterocycles. The topological polar surface area (TPSA) is 32.8 Å². The van der Waals surface area contributed by atoms with Gasteiger partial charge in [0.05, 0.1) is 13.0 Å². The van der Waals surface area contributed by atoms with Crippen molar-refractivity contribution < 1.29 is 9.53 Å². The normalized spacial score (nSPS) is 27.9. The second kappa shape index (κ2) is 5.80. The lowest BCUT2D eigenvalue weighted by Gasteiger charge is -2.28. The van der Waals surface area contributed by atoms with E-state index in [1.807, 2.05) is 4.90 Å². The van der Waals surface area contributed by atoms with E-state index in [-0.39, 0.29) is 5.91 Å². The smallest absolute Gasteiger partial charge is 0.224 e. The number of carbonyl (C=O) groups excluding carboxylic acids is 1. The Bertz CT molecular complexity index is 311. The fraction of sp³-hybridized carbons (Fsp3) is 0.933. The van der Waals surface area contributed by atoms with Gasteiger partial charge >= 0.3 is 0 Å². The highest BCUT2D eigenvalue weighted by molar-refractivity contribution is 5.76. The predicted molar refractivity (Wildman–Crippen MR) is 75.9 cm³/mol. The molecular formula is C15H28N2O2. The maximum atomic E-state index is 12.0. The minimum Gasteiger partial charge on any atom is -0.384 e. The van der Waals surface area contributed by atoms with Crippen LogP contribution in [0.4, 0.5) is 0 Å². The molecule has 0 aromatic rings. The van der Waals surface area contributed by atoms with Crippen molar-refractivity contribution in [1.82, 2.24) is 9.80 Å². The molecule has 2 aliphatic heterocycles. The van der Waals surface area contributed by atoms with Crippen molar-refractivity contribution in [3.05, 3.63) is 0 Å². The molecule has 0 saturated carbocycles. The van der Waals surface area contributed by atoms with Gasteiger partial charge in [-0.2, -0.15) is 0 Å². The van der Waals surface area contributed by atoms with E-state index in [4.69, 9.17) is 4.74 Å². The summed E-state index contributed by atoms with van der Waals surface area (Å²) >= 11 is 0. The highest BCUT2D eigenvalue weighted by Gasteiger charge is 2.41. The SMILES string of the molecule is COCCC(=O)N1CC2CN(CC(C)(C)C)CC2C1. The van der Waals surface area contributed by atoms with Crippen molar-refractivity contribution in [3.8, 4) is 0 Å². The Morgan fingerprint density at radius 3 is 2.21 bits per heavy atom. The van der Waals surface area contributed by atoms with Crippen LogP contribution in [0, 0.1) is 17.3 Å². The Morgan fingerprint density at radius 2 is 1.74 bits per heavy atom. The van der Waals surface area contributed by atoms with Crippen LogP contribution in [0.1, 0.15) is 27.2 Å². The second-order valence-electron chi connectivity index (χ2n) is 7.32. The van der Waals surface area contributed by atoms with Crippen LogP contribution in [0.15, 0.2) is 0 Å². The van der Waals surface area contributed by atoms with E-state index in [0.29, 0.717) is 30.3 Å². The summed E-state index contributed by atoms with van der Waals surface area (Å²) in [4.78, 5) is 16.6. The molecular weight excluding hydrogens is 240 g/mol. The Morgan fingerprint density at radius 1 is 1.16 bits per heavy atom. The van der Waals surface area contributed by atoms with Crippen LogP contribution in [-0.2, 0) is 9.53 Å². The largest absolute Gasteiger partial charge is 0.384 e. The van der Waals surface area contributed by atoms with Crippen LogP contribution in [0.3, 0.4) is 0 Å². The van der Waals surface area contributed by atoms with Gasteiger partial charge in [-0.1, -0.05) is 20.8 Å². The lowest BCUT2D eigenvalue weighted by molar-refractivity contribution is -0.131. The summed E-state index contributed by atoms with van der Waals surface area (Å²) in [6, 6.07) is 0.